The molecule has 9 nitrogen and oxygen atoms in total. The van der Waals surface area contributed by atoms with Gasteiger partial charge in [0.15, 0.2) is 17.3 Å². The maximum absolute atomic E-state index is 6.01. The van der Waals surface area contributed by atoms with Gasteiger partial charge >= 0.3 is 0 Å². The highest BCUT2D eigenvalue weighted by atomic mass is 16.5. The lowest BCUT2D eigenvalue weighted by molar-refractivity contribution is 0.132. The summed E-state index contributed by atoms with van der Waals surface area (Å²) in [7, 11) is 3.27. The molecular weight excluding hydrogens is 400 g/mol. The Balaban J connectivity index is 2.02. The summed E-state index contributed by atoms with van der Waals surface area (Å²) in [5.74, 6) is 3.01. The Morgan fingerprint density at radius 2 is 1.58 bits per heavy atom. The maximum atomic E-state index is 6.01. The maximum Gasteiger partial charge on any atom is 0.223 e. The Bertz CT molecular complexity index is 989. The van der Waals surface area contributed by atoms with Crippen molar-refractivity contribution in [3.63, 3.8) is 0 Å². The number of benzene rings is 1. The molecule has 0 fully saturated rings. The van der Waals surface area contributed by atoms with E-state index in [1.165, 1.54) is 0 Å². The fourth-order valence-electron chi connectivity index (χ4n) is 2.92. The van der Waals surface area contributed by atoms with Crippen molar-refractivity contribution in [1.82, 2.24) is 15.2 Å². The van der Waals surface area contributed by atoms with Gasteiger partial charge in [-0.1, -0.05) is 0 Å². The van der Waals surface area contributed by atoms with Crippen LogP contribution in [-0.2, 0) is 9.47 Å². The summed E-state index contributed by atoms with van der Waals surface area (Å²) in [6.07, 6.45) is -0.0472. The molecule has 1 aromatic carbocycles. The molecule has 0 saturated heterocycles. The lowest BCUT2D eigenvalue weighted by Crippen LogP contribution is -2.10. The Kier molecular flexibility index (Phi) is 7.91. The fourth-order valence-corrected chi connectivity index (χ4v) is 2.92. The van der Waals surface area contributed by atoms with Crippen LogP contribution in [0.15, 0.2) is 24.3 Å². The van der Waals surface area contributed by atoms with Crippen LogP contribution < -0.4 is 19.5 Å². The molecule has 0 bridgehead atoms. The summed E-state index contributed by atoms with van der Waals surface area (Å²) in [6.45, 7) is 7.60. The van der Waals surface area contributed by atoms with Crippen molar-refractivity contribution in [2.24, 2.45) is 0 Å². The van der Waals surface area contributed by atoms with E-state index in [1.807, 2.05) is 45.0 Å². The van der Waals surface area contributed by atoms with E-state index in [4.69, 9.17) is 23.7 Å². The number of nitrogens with zero attached hydrogens (tertiary/aromatic N) is 2. The number of hydrogen-bond donors (Lipinski definition) is 2. The minimum Gasteiger partial charge on any atom is -0.487 e. The summed E-state index contributed by atoms with van der Waals surface area (Å²) in [6, 6.07) is 7.64. The van der Waals surface area contributed by atoms with Gasteiger partial charge in [0.25, 0.3) is 0 Å². The predicted octanol–water partition coefficient (Wildman–Crippen LogP) is 3.85. The molecule has 0 amide bonds. The summed E-state index contributed by atoms with van der Waals surface area (Å²) in [5, 5.41) is 12.1. The first-order chi connectivity index (χ1) is 15.0. The third kappa shape index (κ3) is 6.22. The van der Waals surface area contributed by atoms with Crippen molar-refractivity contribution in [3.05, 3.63) is 30.0 Å². The first-order valence-corrected chi connectivity index (χ1v) is 10.2. The van der Waals surface area contributed by atoms with Crippen molar-refractivity contribution in [1.29, 1.82) is 0 Å². The van der Waals surface area contributed by atoms with E-state index >= 15 is 0 Å². The number of nitrogens with one attached hydrogen (secondary N) is 2. The SMILES string of the molecule is COCCOc1cc2cc(Nc3cc(C)[nH]n3)nc(OC(C)C)c2cc1OCCOC. The molecule has 0 unspecified atom stereocenters. The lowest BCUT2D eigenvalue weighted by Gasteiger charge is -2.17. The molecule has 2 aromatic heterocycles. The van der Waals surface area contributed by atoms with Crippen LogP contribution in [0.4, 0.5) is 11.6 Å². The normalized spacial score (nSPS) is 11.2. The quantitative estimate of drug-likeness (QED) is 0.418. The number of hydrogen-bond acceptors (Lipinski definition) is 8. The Labute approximate surface area is 182 Å². The van der Waals surface area contributed by atoms with E-state index in [0.717, 1.165) is 16.5 Å². The second kappa shape index (κ2) is 10.8. The van der Waals surface area contributed by atoms with Gasteiger partial charge in [-0.25, -0.2) is 0 Å². The second-order valence-corrected chi connectivity index (χ2v) is 7.24. The van der Waals surface area contributed by atoms with Crippen molar-refractivity contribution >= 4 is 22.4 Å². The number of rotatable bonds is 12. The smallest absolute Gasteiger partial charge is 0.223 e. The molecule has 168 valence electrons. The first-order valence-electron chi connectivity index (χ1n) is 10.2. The van der Waals surface area contributed by atoms with E-state index in [-0.39, 0.29) is 6.10 Å². The Morgan fingerprint density at radius 1 is 0.903 bits per heavy atom. The first kappa shape index (κ1) is 22.6. The molecule has 2 N–H and O–H groups in total. The van der Waals surface area contributed by atoms with Crippen LogP contribution in [-0.4, -0.2) is 61.9 Å². The molecule has 3 aromatic rings. The molecule has 0 aliphatic rings. The number of H-pyrrole nitrogens is 1. The Morgan fingerprint density at radius 3 is 2.16 bits per heavy atom. The van der Waals surface area contributed by atoms with Gasteiger partial charge in [0.2, 0.25) is 5.88 Å². The minimum atomic E-state index is -0.0472. The van der Waals surface area contributed by atoms with Crippen molar-refractivity contribution < 1.29 is 23.7 Å². The molecule has 9 heteroatoms. The van der Waals surface area contributed by atoms with Crippen LogP contribution in [0.3, 0.4) is 0 Å². The van der Waals surface area contributed by atoms with E-state index in [1.54, 1.807) is 14.2 Å². The fraction of sp³-hybridized carbons (Fsp3) is 0.455. The number of methoxy groups -OCH3 is 2. The number of anilines is 2. The van der Waals surface area contributed by atoms with Gasteiger partial charge in [0.05, 0.1) is 19.3 Å². The van der Waals surface area contributed by atoms with Crippen molar-refractivity contribution in [2.75, 3.05) is 46.0 Å². The van der Waals surface area contributed by atoms with Crippen LogP contribution in [0.1, 0.15) is 19.5 Å². The van der Waals surface area contributed by atoms with Gasteiger partial charge in [0, 0.05) is 31.4 Å². The average Bonchev–Trinajstić information content (AvgIpc) is 3.13. The van der Waals surface area contributed by atoms with Crippen LogP contribution in [0.5, 0.6) is 17.4 Å². The van der Waals surface area contributed by atoms with Crippen LogP contribution in [0.25, 0.3) is 10.8 Å². The number of pyridine rings is 1. The number of ether oxygens (including phenoxy) is 5. The Hall–Kier alpha value is -3.04. The summed E-state index contributed by atoms with van der Waals surface area (Å²) >= 11 is 0. The average molecular weight is 431 g/mol. The lowest BCUT2D eigenvalue weighted by atomic mass is 10.1. The molecule has 31 heavy (non-hydrogen) atoms. The highest BCUT2D eigenvalue weighted by Gasteiger charge is 2.16. The highest BCUT2D eigenvalue weighted by Crippen LogP contribution is 2.38. The zero-order chi connectivity index (χ0) is 22.2. The summed E-state index contributed by atoms with van der Waals surface area (Å²) in [5.41, 5.74) is 0.952. The van der Waals surface area contributed by atoms with Gasteiger partial charge < -0.3 is 29.0 Å². The molecule has 0 aliphatic carbocycles. The predicted molar refractivity (Wildman–Crippen MR) is 119 cm³/mol. The third-order valence-corrected chi connectivity index (χ3v) is 4.26. The van der Waals surface area contributed by atoms with Crippen LogP contribution in [0.2, 0.25) is 0 Å². The molecule has 0 aliphatic heterocycles. The van der Waals surface area contributed by atoms with Crippen LogP contribution >= 0.6 is 0 Å². The van der Waals surface area contributed by atoms with Gasteiger partial charge in [-0.2, -0.15) is 10.1 Å². The van der Waals surface area contributed by atoms with Crippen LogP contribution in [0, 0.1) is 6.92 Å². The summed E-state index contributed by atoms with van der Waals surface area (Å²) in [4.78, 5) is 4.66. The molecular formula is C22H30N4O5. The number of aromatic amines is 1. The van der Waals surface area contributed by atoms with E-state index in [0.29, 0.717) is 55.4 Å². The zero-order valence-electron chi connectivity index (χ0n) is 18.7. The molecule has 0 atom stereocenters. The number of fused-ring (bicyclic) bond motifs is 1. The van der Waals surface area contributed by atoms with Gasteiger partial charge in [0.1, 0.15) is 19.0 Å². The molecule has 2 heterocycles. The second-order valence-electron chi connectivity index (χ2n) is 7.24. The molecule has 0 radical (unpaired) electrons. The number of aryl methyl sites for hydroxylation is 1. The van der Waals surface area contributed by atoms with Gasteiger partial charge in [-0.3, -0.25) is 5.10 Å². The molecule has 0 saturated carbocycles. The topological polar surface area (TPSA) is 99.8 Å². The van der Waals surface area contributed by atoms with Gasteiger partial charge in [-0.05, 0) is 44.4 Å². The van der Waals surface area contributed by atoms with Crippen molar-refractivity contribution in [3.8, 4) is 17.4 Å². The van der Waals surface area contributed by atoms with Gasteiger partial charge in [-0.15, -0.1) is 0 Å². The number of aromatic nitrogens is 3. The van der Waals surface area contributed by atoms with E-state index in [2.05, 4.69) is 20.5 Å². The summed E-state index contributed by atoms with van der Waals surface area (Å²) < 4.78 is 28.0. The van der Waals surface area contributed by atoms with E-state index < -0.39 is 0 Å². The highest BCUT2D eigenvalue weighted by molar-refractivity contribution is 5.92. The minimum absolute atomic E-state index is 0.0472. The standard InChI is InChI=1S/C22H30N4O5/c1-14(2)31-22-17-13-19(30-9-7-28-5)18(29-8-6-27-4)11-16(17)12-20(24-22)23-21-10-15(3)25-26-21/h10-14H,6-9H2,1-5H3,(H2,23,24,25,26). The third-order valence-electron chi connectivity index (χ3n) is 4.26. The largest absolute Gasteiger partial charge is 0.487 e. The monoisotopic (exact) mass is 430 g/mol. The molecule has 0 spiro atoms. The molecule has 3 rings (SSSR count). The van der Waals surface area contributed by atoms with Crippen molar-refractivity contribution in [2.45, 2.75) is 26.9 Å². The zero-order valence-corrected chi connectivity index (χ0v) is 18.7. The van der Waals surface area contributed by atoms with E-state index in [9.17, 15) is 0 Å².